The van der Waals surface area contributed by atoms with Gasteiger partial charge in [-0.05, 0) is 46.2 Å². The van der Waals surface area contributed by atoms with Crippen LogP contribution in [0.3, 0.4) is 0 Å². The molecule has 0 bridgehead atoms. The van der Waals surface area contributed by atoms with Crippen molar-refractivity contribution in [3.63, 3.8) is 0 Å². The van der Waals surface area contributed by atoms with Crippen LogP contribution < -0.4 is 0 Å². The smallest absolute Gasteiger partial charge is 0.306 e. The highest BCUT2D eigenvalue weighted by molar-refractivity contribution is 6.70. The summed E-state index contributed by atoms with van der Waals surface area (Å²) in [5.41, 5.74) is 0. The number of allylic oxidation sites excluding steroid dienone is 1. The molecular weight excluding hydrogens is 267 g/mol. The van der Waals surface area contributed by atoms with Crippen LogP contribution in [0, 0.1) is 0 Å². The summed E-state index contributed by atoms with van der Waals surface area (Å²) >= 11 is 0. The molecule has 0 spiro atoms. The van der Waals surface area contributed by atoms with Gasteiger partial charge in [-0.25, -0.2) is 0 Å². The van der Waals surface area contributed by atoms with Crippen LogP contribution in [0.1, 0.15) is 6.92 Å². The average Bonchev–Trinajstić information content (AvgIpc) is 2.11. The van der Waals surface area contributed by atoms with Crippen LogP contribution >= 0.6 is 0 Å². The zero-order chi connectivity index (χ0) is 14.6. The van der Waals surface area contributed by atoms with E-state index in [1.165, 1.54) is 0 Å². The van der Waals surface area contributed by atoms with Gasteiger partial charge in [0.2, 0.25) is 22.5 Å². The Labute approximate surface area is 112 Å². The standard InChI is InChI=1S/C12H25FO3Si2/c1-9-14-12(16-18(6,7)8)11(13)10(2)15-17(3,4)5/h2,9H2,1,3-8H3/b12-11-. The third kappa shape index (κ3) is 7.55. The lowest BCUT2D eigenvalue weighted by molar-refractivity contribution is 0.0985. The summed E-state index contributed by atoms with van der Waals surface area (Å²) in [6, 6.07) is 0. The van der Waals surface area contributed by atoms with E-state index in [1.807, 2.05) is 39.3 Å². The van der Waals surface area contributed by atoms with Crippen LogP contribution in [-0.4, -0.2) is 23.2 Å². The lowest BCUT2D eigenvalue weighted by atomic mass is 10.5. The van der Waals surface area contributed by atoms with E-state index < -0.39 is 22.5 Å². The Hall–Kier alpha value is -0.756. The van der Waals surface area contributed by atoms with Gasteiger partial charge < -0.3 is 13.6 Å². The van der Waals surface area contributed by atoms with Gasteiger partial charge in [-0.3, -0.25) is 0 Å². The van der Waals surface area contributed by atoms with Gasteiger partial charge in [0.1, 0.15) is 5.76 Å². The fourth-order valence-electron chi connectivity index (χ4n) is 1.08. The molecule has 0 heterocycles. The Morgan fingerprint density at radius 1 is 1.00 bits per heavy atom. The summed E-state index contributed by atoms with van der Waals surface area (Å²) in [5, 5.41) is 0. The van der Waals surface area contributed by atoms with E-state index in [0.717, 1.165) is 0 Å². The molecule has 0 aromatic carbocycles. The molecule has 0 saturated heterocycles. The maximum absolute atomic E-state index is 14.2. The molecule has 0 aliphatic carbocycles. The molecule has 3 nitrogen and oxygen atoms in total. The van der Waals surface area contributed by atoms with Crippen molar-refractivity contribution in [1.29, 1.82) is 0 Å². The topological polar surface area (TPSA) is 27.7 Å². The maximum Gasteiger partial charge on any atom is 0.306 e. The minimum Gasteiger partial charge on any atom is -0.543 e. The quantitative estimate of drug-likeness (QED) is 0.396. The number of rotatable bonds is 7. The number of halogens is 1. The summed E-state index contributed by atoms with van der Waals surface area (Å²) in [5.74, 6) is -0.738. The lowest BCUT2D eigenvalue weighted by Gasteiger charge is -2.24. The van der Waals surface area contributed by atoms with Crippen molar-refractivity contribution in [2.45, 2.75) is 46.2 Å². The molecule has 0 unspecified atom stereocenters. The molecule has 0 aliphatic rings. The van der Waals surface area contributed by atoms with E-state index in [-0.39, 0.29) is 11.7 Å². The molecule has 0 saturated carbocycles. The Kier molecular flexibility index (Phi) is 6.15. The molecule has 0 aromatic rings. The molecule has 0 amide bonds. The summed E-state index contributed by atoms with van der Waals surface area (Å²) < 4.78 is 30.4. The summed E-state index contributed by atoms with van der Waals surface area (Å²) in [4.78, 5) is 0. The fraction of sp³-hybridized carbons (Fsp3) is 0.667. The molecule has 6 heteroatoms. The molecule has 0 rings (SSSR count). The minimum atomic E-state index is -1.93. The molecule has 18 heavy (non-hydrogen) atoms. The highest BCUT2D eigenvalue weighted by Crippen LogP contribution is 2.24. The van der Waals surface area contributed by atoms with Gasteiger partial charge in [-0.1, -0.05) is 6.58 Å². The fourth-order valence-corrected chi connectivity index (χ4v) is 2.61. The highest BCUT2D eigenvalue weighted by Gasteiger charge is 2.26. The summed E-state index contributed by atoms with van der Waals surface area (Å²) in [7, 11) is -3.82. The van der Waals surface area contributed by atoms with Gasteiger partial charge in [0, 0.05) is 0 Å². The van der Waals surface area contributed by atoms with Gasteiger partial charge in [0.05, 0.1) is 6.61 Å². The minimum absolute atomic E-state index is 0.00383. The molecule has 0 atom stereocenters. The molecule has 0 N–H and O–H groups in total. The predicted octanol–water partition coefficient (Wildman–Crippen LogP) is 4.38. The van der Waals surface area contributed by atoms with Gasteiger partial charge in [-0.2, -0.15) is 4.39 Å². The van der Waals surface area contributed by atoms with Gasteiger partial charge in [0.15, 0.2) is 0 Å². The van der Waals surface area contributed by atoms with Crippen molar-refractivity contribution < 1.29 is 18.0 Å². The highest BCUT2D eigenvalue weighted by atomic mass is 28.4. The van der Waals surface area contributed by atoms with Crippen molar-refractivity contribution in [3.05, 3.63) is 24.1 Å². The monoisotopic (exact) mass is 292 g/mol. The molecule has 106 valence electrons. The van der Waals surface area contributed by atoms with E-state index in [0.29, 0.717) is 6.61 Å². The van der Waals surface area contributed by atoms with Crippen LogP contribution in [-0.2, 0) is 13.6 Å². The van der Waals surface area contributed by atoms with E-state index in [1.54, 1.807) is 6.92 Å². The predicted molar refractivity (Wildman–Crippen MR) is 77.8 cm³/mol. The van der Waals surface area contributed by atoms with Crippen LogP contribution in [0.15, 0.2) is 24.1 Å². The second-order valence-electron chi connectivity index (χ2n) is 5.89. The van der Waals surface area contributed by atoms with E-state index >= 15 is 0 Å². The third-order valence-electron chi connectivity index (χ3n) is 1.53. The Morgan fingerprint density at radius 3 is 1.78 bits per heavy atom. The SMILES string of the molecule is C=C(O[Si](C)(C)C)/C(F)=C(\OCC)O[Si](C)(C)C. The first-order chi connectivity index (χ1) is 7.96. The first-order valence-electron chi connectivity index (χ1n) is 6.06. The van der Waals surface area contributed by atoms with E-state index in [4.69, 9.17) is 13.6 Å². The molecule has 0 aromatic heterocycles. The second-order valence-corrected chi connectivity index (χ2v) is 14.7. The second kappa shape index (κ2) is 6.42. The van der Waals surface area contributed by atoms with Crippen LogP contribution in [0.2, 0.25) is 39.3 Å². The van der Waals surface area contributed by atoms with E-state index in [2.05, 4.69) is 6.58 Å². The van der Waals surface area contributed by atoms with Gasteiger partial charge in [-0.15, -0.1) is 0 Å². The van der Waals surface area contributed by atoms with Crippen LogP contribution in [0.4, 0.5) is 4.39 Å². The summed E-state index contributed by atoms with van der Waals surface area (Å²) in [6.45, 7) is 17.5. The first kappa shape index (κ1) is 17.2. The zero-order valence-electron chi connectivity index (χ0n) is 12.5. The maximum atomic E-state index is 14.2. The number of hydrogen-bond acceptors (Lipinski definition) is 3. The Balaban J connectivity index is 5.03. The van der Waals surface area contributed by atoms with Gasteiger partial charge in [0.25, 0.3) is 0 Å². The Morgan fingerprint density at radius 2 is 1.44 bits per heavy atom. The van der Waals surface area contributed by atoms with Crippen molar-refractivity contribution in [3.8, 4) is 0 Å². The van der Waals surface area contributed by atoms with Crippen molar-refractivity contribution in [1.82, 2.24) is 0 Å². The van der Waals surface area contributed by atoms with Crippen molar-refractivity contribution in [2.24, 2.45) is 0 Å². The molecule has 0 aliphatic heterocycles. The van der Waals surface area contributed by atoms with Crippen molar-refractivity contribution in [2.75, 3.05) is 6.61 Å². The molecular formula is C12H25FO3Si2. The average molecular weight is 292 g/mol. The van der Waals surface area contributed by atoms with Gasteiger partial charge >= 0.3 is 5.95 Å². The normalized spacial score (nSPS) is 13.8. The van der Waals surface area contributed by atoms with Crippen molar-refractivity contribution >= 4 is 16.6 Å². The largest absolute Gasteiger partial charge is 0.543 e. The first-order valence-corrected chi connectivity index (χ1v) is 12.9. The lowest BCUT2D eigenvalue weighted by Crippen LogP contribution is -2.28. The number of hydrogen-bond donors (Lipinski definition) is 0. The summed E-state index contributed by atoms with van der Waals surface area (Å²) in [6.07, 6.45) is 0. The zero-order valence-corrected chi connectivity index (χ0v) is 14.5. The van der Waals surface area contributed by atoms with E-state index in [9.17, 15) is 4.39 Å². The third-order valence-corrected chi connectivity index (χ3v) is 3.18. The molecule has 0 fully saturated rings. The number of ether oxygens (including phenoxy) is 1. The molecule has 0 radical (unpaired) electrons. The van der Waals surface area contributed by atoms with Crippen LogP contribution in [0.5, 0.6) is 0 Å². The van der Waals surface area contributed by atoms with Crippen LogP contribution in [0.25, 0.3) is 0 Å². The Bertz CT molecular complexity index is 327.